The average molecular weight is 335 g/mol. The van der Waals surface area contributed by atoms with E-state index in [0.29, 0.717) is 23.6 Å². The molecule has 6 heteroatoms. The zero-order valence-electron chi connectivity index (χ0n) is 14.5. The molecule has 2 saturated heterocycles. The third-order valence-electron chi connectivity index (χ3n) is 5.72. The zero-order chi connectivity index (χ0) is 16.5. The first-order chi connectivity index (χ1) is 11.7. The van der Waals surface area contributed by atoms with Gasteiger partial charge in [-0.3, -0.25) is 5.32 Å². The maximum atomic E-state index is 10.5. The molecule has 0 aromatic carbocycles. The Morgan fingerprint density at radius 2 is 2.08 bits per heavy atom. The highest BCUT2D eigenvalue weighted by molar-refractivity contribution is 5.16. The van der Waals surface area contributed by atoms with E-state index < -0.39 is 6.23 Å². The van der Waals surface area contributed by atoms with Gasteiger partial charge in [-0.2, -0.15) is 0 Å². The molecule has 3 heterocycles. The molecule has 1 aliphatic carbocycles. The second-order valence-electron chi connectivity index (χ2n) is 7.86. The summed E-state index contributed by atoms with van der Waals surface area (Å²) in [6.07, 6.45) is 3.97. The monoisotopic (exact) mass is 335 g/mol. The standard InChI is InChI=1S/C18H29N3O3/c1-12-9-21(10-13-4-6-23-7-5-13)11-16(12)19-18(22)15-8-17(24-20-15)14-2-3-14/h8,12-14,16,18-19,22H,2-7,9-11H2,1H3/t12-,16-,18?/m1/s1. The molecule has 0 bridgehead atoms. The van der Waals surface area contributed by atoms with Gasteiger partial charge in [-0.15, -0.1) is 0 Å². The molecular formula is C18H29N3O3. The van der Waals surface area contributed by atoms with Crippen molar-refractivity contribution >= 4 is 0 Å². The normalized spacial score (nSPS) is 30.8. The van der Waals surface area contributed by atoms with E-state index in [1.165, 1.54) is 25.7 Å². The van der Waals surface area contributed by atoms with E-state index in [2.05, 4.69) is 22.3 Å². The minimum atomic E-state index is -0.739. The predicted molar refractivity (Wildman–Crippen MR) is 89.5 cm³/mol. The average Bonchev–Trinajstić information content (AvgIpc) is 3.21. The molecule has 6 nitrogen and oxygen atoms in total. The van der Waals surface area contributed by atoms with E-state index in [9.17, 15) is 5.11 Å². The molecule has 1 aromatic rings. The molecule has 0 amide bonds. The molecule has 1 saturated carbocycles. The smallest absolute Gasteiger partial charge is 0.151 e. The van der Waals surface area contributed by atoms with Gasteiger partial charge < -0.3 is 19.3 Å². The Labute approximate surface area is 143 Å². The lowest BCUT2D eigenvalue weighted by Gasteiger charge is -2.27. The maximum Gasteiger partial charge on any atom is 0.151 e. The van der Waals surface area contributed by atoms with E-state index in [-0.39, 0.29) is 0 Å². The highest BCUT2D eigenvalue weighted by Gasteiger charge is 2.34. The van der Waals surface area contributed by atoms with Gasteiger partial charge in [0.25, 0.3) is 0 Å². The van der Waals surface area contributed by atoms with Gasteiger partial charge in [0, 0.05) is 50.9 Å². The van der Waals surface area contributed by atoms with E-state index >= 15 is 0 Å². The van der Waals surface area contributed by atoms with Gasteiger partial charge in [-0.05, 0) is 37.5 Å². The number of rotatable bonds is 6. The molecule has 4 rings (SSSR count). The van der Waals surface area contributed by atoms with Crippen LogP contribution in [-0.2, 0) is 4.74 Å². The third-order valence-corrected chi connectivity index (χ3v) is 5.72. The summed E-state index contributed by atoms with van der Waals surface area (Å²) in [5.41, 5.74) is 0.618. The topological polar surface area (TPSA) is 70.8 Å². The van der Waals surface area contributed by atoms with Crippen molar-refractivity contribution in [3.8, 4) is 0 Å². The Kier molecular flexibility index (Phi) is 4.90. The van der Waals surface area contributed by atoms with Crippen molar-refractivity contribution in [3.63, 3.8) is 0 Å². The quantitative estimate of drug-likeness (QED) is 0.774. The van der Waals surface area contributed by atoms with Crippen LogP contribution in [0.2, 0.25) is 0 Å². The molecule has 0 radical (unpaired) electrons. The first-order valence-electron chi connectivity index (χ1n) is 9.40. The van der Waals surface area contributed by atoms with Gasteiger partial charge in [0.05, 0.1) is 0 Å². The summed E-state index contributed by atoms with van der Waals surface area (Å²) < 4.78 is 10.8. The Morgan fingerprint density at radius 1 is 1.29 bits per heavy atom. The van der Waals surface area contributed by atoms with Crippen LogP contribution in [0.5, 0.6) is 0 Å². The van der Waals surface area contributed by atoms with Crippen molar-refractivity contribution in [2.24, 2.45) is 11.8 Å². The van der Waals surface area contributed by atoms with Crippen LogP contribution in [0.4, 0.5) is 0 Å². The molecule has 2 N–H and O–H groups in total. The van der Waals surface area contributed by atoms with Crippen LogP contribution in [0.3, 0.4) is 0 Å². The zero-order valence-corrected chi connectivity index (χ0v) is 14.5. The number of hydrogen-bond donors (Lipinski definition) is 2. The highest BCUT2D eigenvalue weighted by Crippen LogP contribution is 2.40. The molecule has 2 aliphatic heterocycles. The number of aliphatic hydroxyl groups is 1. The van der Waals surface area contributed by atoms with Crippen molar-refractivity contribution in [2.75, 3.05) is 32.8 Å². The second kappa shape index (κ2) is 7.12. The minimum Gasteiger partial charge on any atom is -0.381 e. The van der Waals surface area contributed by atoms with Gasteiger partial charge in [0.1, 0.15) is 11.5 Å². The fraction of sp³-hybridized carbons (Fsp3) is 0.833. The molecule has 0 spiro atoms. The van der Waals surface area contributed by atoms with Crippen LogP contribution in [0, 0.1) is 11.8 Å². The van der Waals surface area contributed by atoms with Crippen molar-refractivity contribution < 1.29 is 14.4 Å². The van der Waals surface area contributed by atoms with E-state index in [4.69, 9.17) is 9.26 Å². The summed E-state index contributed by atoms with van der Waals surface area (Å²) in [6.45, 7) is 7.30. The van der Waals surface area contributed by atoms with Gasteiger partial charge in [0.2, 0.25) is 0 Å². The number of ether oxygens (including phenoxy) is 1. The molecular weight excluding hydrogens is 306 g/mol. The maximum absolute atomic E-state index is 10.5. The summed E-state index contributed by atoms with van der Waals surface area (Å²) in [5, 5.41) is 17.8. The van der Waals surface area contributed by atoms with Crippen molar-refractivity contribution in [1.82, 2.24) is 15.4 Å². The van der Waals surface area contributed by atoms with Crippen molar-refractivity contribution in [3.05, 3.63) is 17.5 Å². The lowest BCUT2D eigenvalue weighted by Crippen LogP contribution is -2.39. The van der Waals surface area contributed by atoms with Gasteiger partial charge >= 0.3 is 0 Å². The summed E-state index contributed by atoms with van der Waals surface area (Å²) in [7, 11) is 0. The Morgan fingerprint density at radius 3 is 2.83 bits per heavy atom. The first kappa shape index (κ1) is 16.5. The molecule has 1 aromatic heterocycles. The minimum absolute atomic E-state index is 0.293. The van der Waals surface area contributed by atoms with E-state index in [1.54, 1.807) is 0 Å². The fourth-order valence-electron chi connectivity index (χ4n) is 4.01. The Hall–Kier alpha value is -0.950. The third kappa shape index (κ3) is 3.82. The molecule has 24 heavy (non-hydrogen) atoms. The molecule has 3 fully saturated rings. The molecule has 1 unspecified atom stereocenters. The number of aliphatic hydroxyl groups excluding tert-OH is 1. The Balaban J connectivity index is 1.28. The lowest BCUT2D eigenvalue weighted by molar-refractivity contribution is 0.0546. The van der Waals surface area contributed by atoms with E-state index in [1.807, 2.05) is 6.07 Å². The number of aromatic nitrogens is 1. The summed E-state index contributed by atoms with van der Waals surface area (Å²) in [4.78, 5) is 2.53. The summed E-state index contributed by atoms with van der Waals surface area (Å²) >= 11 is 0. The molecule has 3 atom stereocenters. The van der Waals surface area contributed by atoms with Crippen LogP contribution in [0.25, 0.3) is 0 Å². The predicted octanol–water partition coefficient (Wildman–Crippen LogP) is 1.88. The van der Waals surface area contributed by atoms with Crippen molar-refractivity contribution in [1.29, 1.82) is 0 Å². The van der Waals surface area contributed by atoms with Gasteiger partial charge in [-0.25, -0.2) is 0 Å². The van der Waals surface area contributed by atoms with Crippen molar-refractivity contribution in [2.45, 2.75) is 50.8 Å². The van der Waals surface area contributed by atoms with Crippen LogP contribution < -0.4 is 5.32 Å². The number of hydrogen-bond acceptors (Lipinski definition) is 6. The summed E-state index contributed by atoms with van der Waals surface area (Å²) in [5.74, 6) is 2.73. The largest absolute Gasteiger partial charge is 0.381 e. The van der Waals surface area contributed by atoms with Crippen LogP contribution in [0.15, 0.2) is 10.6 Å². The summed E-state index contributed by atoms with van der Waals surface area (Å²) in [6, 6.07) is 2.20. The lowest BCUT2D eigenvalue weighted by atomic mass is 10.00. The van der Waals surface area contributed by atoms with Gasteiger partial charge in [-0.1, -0.05) is 12.1 Å². The first-order valence-corrected chi connectivity index (χ1v) is 9.40. The van der Waals surface area contributed by atoms with Gasteiger partial charge in [0.15, 0.2) is 6.23 Å². The van der Waals surface area contributed by atoms with E-state index in [0.717, 1.165) is 44.5 Å². The number of likely N-dealkylation sites (tertiary alicyclic amines) is 1. The van der Waals surface area contributed by atoms with Crippen LogP contribution in [-0.4, -0.2) is 54.1 Å². The SMILES string of the molecule is C[C@@H]1CN(CC2CCOCC2)C[C@H]1NC(O)c1cc(C2CC2)on1. The fourth-order valence-corrected chi connectivity index (χ4v) is 4.01. The molecule has 3 aliphatic rings. The highest BCUT2D eigenvalue weighted by atomic mass is 16.5. The van der Waals surface area contributed by atoms with Crippen LogP contribution in [0.1, 0.15) is 56.2 Å². The Bertz CT molecular complexity index is 539. The number of nitrogens with one attached hydrogen (secondary N) is 1. The molecule has 134 valence electrons. The number of nitrogens with zero attached hydrogens (tertiary/aromatic N) is 2. The van der Waals surface area contributed by atoms with Crippen LogP contribution >= 0.6 is 0 Å². The second-order valence-corrected chi connectivity index (χ2v) is 7.86.